The van der Waals surface area contributed by atoms with Crippen molar-refractivity contribution in [2.75, 3.05) is 6.61 Å². The molecule has 0 spiro atoms. The highest BCUT2D eigenvalue weighted by molar-refractivity contribution is 9.10. The molecular weight excluding hydrogens is 356 g/mol. The van der Waals surface area contributed by atoms with Crippen LogP contribution < -0.4 is 10.5 Å². The summed E-state index contributed by atoms with van der Waals surface area (Å²) in [5.74, 6) is 0. The van der Waals surface area contributed by atoms with E-state index in [0.717, 1.165) is 22.9 Å². The standard InChI is InChI=1S/C14H21BrN2O3S/c1-9-12(15)6-11(8-16)7-14(9)21(18,19)17-10(2)13-4-3-5-20-13/h6-7,10,13,17H,3-5,8,16H2,1-2H3. The monoisotopic (exact) mass is 376 g/mol. The van der Waals surface area contributed by atoms with Crippen LogP contribution in [0.1, 0.15) is 30.9 Å². The van der Waals surface area contributed by atoms with E-state index in [9.17, 15) is 8.42 Å². The lowest BCUT2D eigenvalue weighted by Crippen LogP contribution is -2.41. The van der Waals surface area contributed by atoms with E-state index in [0.29, 0.717) is 18.7 Å². The van der Waals surface area contributed by atoms with Crippen molar-refractivity contribution in [1.82, 2.24) is 4.72 Å². The van der Waals surface area contributed by atoms with Gasteiger partial charge in [0.2, 0.25) is 10.0 Å². The van der Waals surface area contributed by atoms with Crippen LogP contribution in [-0.4, -0.2) is 27.2 Å². The molecule has 0 radical (unpaired) electrons. The maximum Gasteiger partial charge on any atom is 0.241 e. The van der Waals surface area contributed by atoms with Crippen molar-refractivity contribution in [2.24, 2.45) is 5.73 Å². The molecule has 7 heteroatoms. The number of nitrogens with one attached hydrogen (secondary N) is 1. The van der Waals surface area contributed by atoms with Crippen molar-refractivity contribution in [2.45, 2.75) is 50.3 Å². The molecular formula is C14H21BrN2O3S. The number of halogens is 1. The minimum absolute atomic E-state index is 0.0544. The van der Waals surface area contributed by atoms with Crippen LogP contribution in [-0.2, 0) is 21.3 Å². The second-order valence-corrected chi connectivity index (χ2v) is 7.90. The summed E-state index contributed by atoms with van der Waals surface area (Å²) in [4.78, 5) is 0.266. The van der Waals surface area contributed by atoms with Crippen LogP contribution in [0.5, 0.6) is 0 Å². The lowest BCUT2D eigenvalue weighted by Gasteiger charge is -2.21. The van der Waals surface area contributed by atoms with Gasteiger partial charge in [-0.3, -0.25) is 0 Å². The molecule has 0 aromatic heterocycles. The molecule has 5 nitrogen and oxygen atoms in total. The third-order valence-electron chi connectivity index (χ3n) is 3.75. The normalized spacial score (nSPS) is 20.7. The van der Waals surface area contributed by atoms with E-state index in [1.54, 1.807) is 13.0 Å². The average Bonchev–Trinajstić information content (AvgIpc) is 2.95. The highest BCUT2D eigenvalue weighted by atomic mass is 79.9. The summed E-state index contributed by atoms with van der Waals surface area (Å²) in [5, 5.41) is 0. The minimum atomic E-state index is -3.60. The van der Waals surface area contributed by atoms with Gasteiger partial charge in [-0.25, -0.2) is 13.1 Å². The summed E-state index contributed by atoms with van der Waals surface area (Å²) < 4.78 is 34.2. The second kappa shape index (κ2) is 6.75. The molecule has 21 heavy (non-hydrogen) atoms. The van der Waals surface area contributed by atoms with E-state index < -0.39 is 10.0 Å². The van der Waals surface area contributed by atoms with Crippen LogP contribution in [0.25, 0.3) is 0 Å². The Balaban J connectivity index is 2.28. The Bertz CT molecular complexity index is 613. The lowest BCUT2D eigenvalue weighted by molar-refractivity contribution is 0.0902. The van der Waals surface area contributed by atoms with Crippen LogP contribution in [0.3, 0.4) is 0 Å². The predicted octanol–water partition coefficient (Wildman–Crippen LogP) is 2.06. The third kappa shape index (κ3) is 3.84. The van der Waals surface area contributed by atoms with Gasteiger partial charge in [0.1, 0.15) is 0 Å². The molecule has 2 rings (SSSR count). The largest absolute Gasteiger partial charge is 0.377 e. The molecule has 1 aliphatic heterocycles. The quantitative estimate of drug-likeness (QED) is 0.823. The zero-order valence-corrected chi connectivity index (χ0v) is 14.6. The Kier molecular flexibility index (Phi) is 5.43. The number of hydrogen-bond acceptors (Lipinski definition) is 4. The van der Waals surface area contributed by atoms with Gasteiger partial charge >= 0.3 is 0 Å². The molecule has 1 aromatic carbocycles. The van der Waals surface area contributed by atoms with Gasteiger partial charge in [0.25, 0.3) is 0 Å². The molecule has 0 aliphatic carbocycles. The zero-order chi connectivity index (χ0) is 15.6. The molecule has 2 unspecified atom stereocenters. The molecule has 1 aliphatic rings. The second-order valence-electron chi connectivity index (χ2n) is 5.37. The summed E-state index contributed by atoms with van der Waals surface area (Å²) in [6.45, 7) is 4.60. The summed E-state index contributed by atoms with van der Waals surface area (Å²) in [7, 11) is -3.60. The summed E-state index contributed by atoms with van der Waals surface area (Å²) >= 11 is 3.39. The van der Waals surface area contributed by atoms with Crippen molar-refractivity contribution in [3.8, 4) is 0 Å². The van der Waals surface area contributed by atoms with Crippen LogP contribution in [0.4, 0.5) is 0 Å². The van der Waals surface area contributed by atoms with Gasteiger partial charge in [0.05, 0.1) is 11.0 Å². The smallest absolute Gasteiger partial charge is 0.241 e. The van der Waals surface area contributed by atoms with E-state index in [2.05, 4.69) is 20.7 Å². The van der Waals surface area contributed by atoms with E-state index in [1.165, 1.54) is 0 Å². The van der Waals surface area contributed by atoms with Gasteiger partial charge in [0.15, 0.2) is 0 Å². The molecule has 118 valence electrons. The fourth-order valence-electron chi connectivity index (χ4n) is 2.48. The van der Waals surface area contributed by atoms with Crippen LogP contribution in [0.15, 0.2) is 21.5 Å². The number of ether oxygens (including phenoxy) is 1. The Morgan fingerprint density at radius 3 is 2.81 bits per heavy atom. The van der Waals surface area contributed by atoms with Crippen LogP contribution in [0.2, 0.25) is 0 Å². The van der Waals surface area contributed by atoms with E-state index in [1.807, 2.05) is 13.0 Å². The fourth-order valence-corrected chi connectivity index (χ4v) is 4.71. The minimum Gasteiger partial charge on any atom is -0.377 e. The molecule has 1 heterocycles. The van der Waals surface area contributed by atoms with E-state index in [-0.39, 0.29) is 17.0 Å². The molecule has 2 atom stereocenters. The van der Waals surface area contributed by atoms with Gasteiger partial charge in [0, 0.05) is 23.7 Å². The van der Waals surface area contributed by atoms with Crippen molar-refractivity contribution in [1.29, 1.82) is 0 Å². The Labute approximate surface area is 134 Å². The molecule has 1 aromatic rings. The Hall–Kier alpha value is -0.470. The van der Waals surface area contributed by atoms with Gasteiger partial charge in [-0.1, -0.05) is 15.9 Å². The summed E-state index contributed by atoms with van der Waals surface area (Å²) in [6.07, 6.45) is 1.81. The van der Waals surface area contributed by atoms with Gasteiger partial charge < -0.3 is 10.5 Å². The molecule has 0 saturated carbocycles. The van der Waals surface area contributed by atoms with Crippen molar-refractivity contribution >= 4 is 26.0 Å². The zero-order valence-electron chi connectivity index (χ0n) is 12.2. The number of benzene rings is 1. The summed E-state index contributed by atoms with van der Waals surface area (Å²) in [6, 6.07) is 3.22. The van der Waals surface area contributed by atoms with E-state index >= 15 is 0 Å². The number of nitrogens with two attached hydrogens (primary N) is 1. The first kappa shape index (κ1) is 16.9. The van der Waals surface area contributed by atoms with Crippen LogP contribution in [0, 0.1) is 6.92 Å². The molecule has 0 bridgehead atoms. The van der Waals surface area contributed by atoms with Crippen molar-refractivity contribution in [3.05, 3.63) is 27.7 Å². The molecule has 0 amide bonds. The number of sulfonamides is 1. The third-order valence-corrected chi connectivity index (χ3v) is 6.25. The van der Waals surface area contributed by atoms with Crippen molar-refractivity contribution in [3.63, 3.8) is 0 Å². The van der Waals surface area contributed by atoms with Gasteiger partial charge in [-0.05, 0) is 49.9 Å². The van der Waals surface area contributed by atoms with E-state index in [4.69, 9.17) is 10.5 Å². The first-order valence-corrected chi connectivity index (χ1v) is 9.26. The highest BCUT2D eigenvalue weighted by Gasteiger charge is 2.28. The lowest BCUT2D eigenvalue weighted by atomic mass is 10.1. The maximum absolute atomic E-state index is 12.6. The van der Waals surface area contributed by atoms with Gasteiger partial charge in [-0.2, -0.15) is 0 Å². The number of hydrogen-bond donors (Lipinski definition) is 2. The Morgan fingerprint density at radius 2 is 2.24 bits per heavy atom. The highest BCUT2D eigenvalue weighted by Crippen LogP contribution is 2.26. The Morgan fingerprint density at radius 1 is 1.52 bits per heavy atom. The summed E-state index contributed by atoms with van der Waals surface area (Å²) in [5.41, 5.74) is 7.08. The molecule has 1 saturated heterocycles. The topological polar surface area (TPSA) is 81.4 Å². The van der Waals surface area contributed by atoms with Crippen LogP contribution >= 0.6 is 15.9 Å². The molecule has 1 fully saturated rings. The predicted molar refractivity (Wildman–Crippen MR) is 85.5 cm³/mol. The average molecular weight is 377 g/mol. The van der Waals surface area contributed by atoms with Crippen molar-refractivity contribution < 1.29 is 13.2 Å². The van der Waals surface area contributed by atoms with Gasteiger partial charge in [-0.15, -0.1) is 0 Å². The maximum atomic E-state index is 12.6. The number of rotatable bonds is 5. The first-order valence-electron chi connectivity index (χ1n) is 6.98. The fraction of sp³-hybridized carbons (Fsp3) is 0.571. The molecule has 3 N–H and O–H groups in total. The first-order chi connectivity index (χ1) is 9.85. The SMILES string of the molecule is Cc1c(Br)cc(CN)cc1S(=O)(=O)NC(C)C1CCCO1.